The van der Waals surface area contributed by atoms with E-state index >= 15 is 0 Å². The van der Waals surface area contributed by atoms with Crippen molar-refractivity contribution in [1.29, 1.82) is 0 Å². The lowest BCUT2D eigenvalue weighted by molar-refractivity contribution is 0.0786. The first-order chi connectivity index (χ1) is 12.0. The summed E-state index contributed by atoms with van der Waals surface area (Å²) in [5, 5.41) is 0. The molecule has 0 N–H and O–H groups in total. The van der Waals surface area contributed by atoms with Crippen molar-refractivity contribution in [2.45, 2.75) is 26.0 Å². The lowest BCUT2D eigenvalue weighted by Gasteiger charge is -2.19. The minimum atomic E-state index is -0.531. The summed E-state index contributed by atoms with van der Waals surface area (Å²) < 4.78 is 26.1. The van der Waals surface area contributed by atoms with Crippen LogP contribution in [-0.4, -0.2) is 47.7 Å². The number of amides is 1. The SMILES string of the molecule is COCc1ncc(C)n1C1CCN(C(=O)c2ccc(OC)c(F)c2)C1. The summed E-state index contributed by atoms with van der Waals surface area (Å²) in [5.41, 5.74) is 1.38. The van der Waals surface area contributed by atoms with Crippen LogP contribution >= 0.6 is 0 Å². The molecule has 1 aliphatic heterocycles. The van der Waals surface area contributed by atoms with E-state index in [2.05, 4.69) is 9.55 Å². The Morgan fingerprint density at radius 2 is 2.20 bits per heavy atom. The van der Waals surface area contributed by atoms with Crippen LogP contribution in [0.25, 0.3) is 0 Å². The third-order valence-corrected chi connectivity index (χ3v) is 4.55. The van der Waals surface area contributed by atoms with Gasteiger partial charge >= 0.3 is 0 Å². The van der Waals surface area contributed by atoms with Gasteiger partial charge < -0.3 is 18.9 Å². The number of aryl methyl sites for hydroxylation is 1. The fourth-order valence-corrected chi connectivity index (χ4v) is 3.35. The average molecular weight is 347 g/mol. The Morgan fingerprint density at radius 3 is 2.88 bits per heavy atom. The highest BCUT2D eigenvalue weighted by molar-refractivity contribution is 5.94. The molecule has 0 aliphatic carbocycles. The zero-order chi connectivity index (χ0) is 18.0. The maximum atomic E-state index is 13.9. The maximum absolute atomic E-state index is 13.9. The molecule has 6 nitrogen and oxygen atoms in total. The van der Waals surface area contributed by atoms with Gasteiger partial charge in [-0.05, 0) is 31.5 Å². The Balaban J connectivity index is 1.75. The van der Waals surface area contributed by atoms with Crippen molar-refractivity contribution in [2.24, 2.45) is 0 Å². The summed E-state index contributed by atoms with van der Waals surface area (Å²) in [4.78, 5) is 18.8. The van der Waals surface area contributed by atoms with E-state index in [1.807, 2.05) is 13.1 Å². The largest absolute Gasteiger partial charge is 0.494 e. The molecule has 1 amide bonds. The van der Waals surface area contributed by atoms with E-state index in [0.29, 0.717) is 25.3 Å². The predicted molar refractivity (Wildman–Crippen MR) is 90.2 cm³/mol. The summed E-state index contributed by atoms with van der Waals surface area (Å²) in [5.74, 6) is 0.288. The highest BCUT2D eigenvalue weighted by Crippen LogP contribution is 2.27. The summed E-state index contributed by atoms with van der Waals surface area (Å²) in [6.45, 7) is 3.62. The van der Waals surface area contributed by atoms with Crippen molar-refractivity contribution in [2.75, 3.05) is 27.3 Å². The molecule has 0 spiro atoms. The lowest BCUT2D eigenvalue weighted by atomic mass is 10.2. The molecule has 3 rings (SSSR count). The second-order valence-corrected chi connectivity index (χ2v) is 6.16. The van der Waals surface area contributed by atoms with Gasteiger partial charge in [-0.3, -0.25) is 4.79 Å². The number of likely N-dealkylation sites (tertiary alicyclic amines) is 1. The van der Waals surface area contributed by atoms with Crippen LogP contribution in [0, 0.1) is 12.7 Å². The van der Waals surface area contributed by atoms with Gasteiger partial charge in [0.05, 0.1) is 13.2 Å². The zero-order valence-electron chi connectivity index (χ0n) is 14.7. The number of nitrogens with zero attached hydrogens (tertiary/aromatic N) is 3. The predicted octanol–water partition coefficient (Wildman–Crippen LogP) is 2.57. The topological polar surface area (TPSA) is 56.6 Å². The molecule has 0 bridgehead atoms. The quantitative estimate of drug-likeness (QED) is 0.834. The number of methoxy groups -OCH3 is 2. The second-order valence-electron chi connectivity index (χ2n) is 6.16. The van der Waals surface area contributed by atoms with Crippen LogP contribution in [0.3, 0.4) is 0 Å². The highest BCUT2D eigenvalue weighted by atomic mass is 19.1. The molecule has 2 heterocycles. The number of hydrogen-bond acceptors (Lipinski definition) is 4. The molecule has 7 heteroatoms. The molecule has 0 saturated carbocycles. The van der Waals surface area contributed by atoms with Gasteiger partial charge in [-0.2, -0.15) is 0 Å². The number of halogens is 1. The third kappa shape index (κ3) is 3.37. The van der Waals surface area contributed by atoms with Crippen molar-refractivity contribution in [3.63, 3.8) is 0 Å². The maximum Gasteiger partial charge on any atom is 0.254 e. The van der Waals surface area contributed by atoms with Gasteiger partial charge in [0.15, 0.2) is 11.6 Å². The molecule has 1 atom stereocenters. The summed E-state index contributed by atoms with van der Waals surface area (Å²) in [7, 11) is 3.03. The molecule has 1 aliphatic rings. The Labute approximate surface area is 146 Å². The molecular weight excluding hydrogens is 325 g/mol. The van der Waals surface area contributed by atoms with E-state index in [1.54, 1.807) is 18.1 Å². The number of benzene rings is 1. The van der Waals surface area contributed by atoms with E-state index in [-0.39, 0.29) is 17.7 Å². The fourth-order valence-electron chi connectivity index (χ4n) is 3.35. The summed E-state index contributed by atoms with van der Waals surface area (Å²) >= 11 is 0. The van der Waals surface area contributed by atoms with Crippen LogP contribution in [-0.2, 0) is 11.3 Å². The number of imidazole rings is 1. The first-order valence-electron chi connectivity index (χ1n) is 8.19. The van der Waals surface area contributed by atoms with Gasteiger partial charge in [-0.1, -0.05) is 0 Å². The fraction of sp³-hybridized carbons (Fsp3) is 0.444. The molecule has 1 aromatic heterocycles. The minimum absolute atomic E-state index is 0.133. The van der Waals surface area contributed by atoms with Gasteiger partial charge in [0.2, 0.25) is 0 Å². The molecule has 1 saturated heterocycles. The first kappa shape index (κ1) is 17.4. The Morgan fingerprint density at radius 1 is 1.40 bits per heavy atom. The van der Waals surface area contributed by atoms with Crippen LogP contribution in [0.5, 0.6) is 5.75 Å². The second kappa shape index (κ2) is 7.23. The van der Waals surface area contributed by atoms with Crippen LogP contribution in [0.1, 0.15) is 34.3 Å². The van der Waals surface area contributed by atoms with Crippen molar-refractivity contribution in [3.05, 3.63) is 47.3 Å². The minimum Gasteiger partial charge on any atom is -0.494 e. The van der Waals surface area contributed by atoms with Crippen molar-refractivity contribution < 1.29 is 18.7 Å². The number of carbonyl (C=O) groups excluding carboxylic acids is 1. The van der Waals surface area contributed by atoms with E-state index in [9.17, 15) is 9.18 Å². The normalized spacial score (nSPS) is 17.1. The Bertz CT molecular complexity index is 775. The van der Waals surface area contributed by atoms with Gasteiger partial charge in [-0.15, -0.1) is 0 Å². The Hall–Kier alpha value is -2.41. The van der Waals surface area contributed by atoms with Gasteiger partial charge in [-0.25, -0.2) is 9.37 Å². The van der Waals surface area contributed by atoms with E-state index in [0.717, 1.165) is 17.9 Å². The van der Waals surface area contributed by atoms with Crippen molar-refractivity contribution in [3.8, 4) is 5.75 Å². The van der Waals surface area contributed by atoms with Gasteiger partial charge in [0.25, 0.3) is 5.91 Å². The van der Waals surface area contributed by atoms with Crippen LogP contribution in [0.4, 0.5) is 4.39 Å². The van der Waals surface area contributed by atoms with E-state index in [1.165, 1.54) is 19.2 Å². The monoisotopic (exact) mass is 347 g/mol. The van der Waals surface area contributed by atoms with Crippen LogP contribution in [0.15, 0.2) is 24.4 Å². The number of rotatable bonds is 5. The lowest BCUT2D eigenvalue weighted by Crippen LogP contribution is -2.29. The van der Waals surface area contributed by atoms with E-state index < -0.39 is 5.82 Å². The standard InChI is InChI=1S/C18H22FN3O3/c1-12-9-20-17(11-24-2)22(12)14-6-7-21(10-14)18(23)13-4-5-16(25-3)15(19)8-13/h4-5,8-9,14H,6-7,10-11H2,1-3H3. The molecule has 1 unspecified atom stereocenters. The van der Waals surface area contributed by atoms with Gasteiger partial charge in [0.1, 0.15) is 12.4 Å². The number of carbonyl (C=O) groups is 1. The smallest absolute Gasteiger partial charge is 0.254 e. The van der Waals surface area contributed by atoms with E-state index in [4.69, 9.17) is 9.47 Å². The molecular formula is C18H22FN3O3. The molecule has 134 valence electrons. The molecule has 2 aromatic rings. The van der Waals surface area contributed by atoms with Crippen molar-refractivity contribution >= 4 is 5.91 Å². The van der Waals surface area contributed by atoms with Crippen LogP contribution in [0.2, 0.25) is 0 Å². The zero-order valence-corrected chi connectivity index (χ0v) is 14.7. The number of ether oxygens (including phenoxy) is 2. The van der Waals surface area contributed by atoms with Gasteiger partial charge in [0, 0.05) is 37.7 Å². The summed E-state index contributed by atoms with van der Waals surface area (Å²) in [6, 6.07) is 4.45. The highest BCUT2D eigenvalue weighted by Gasteiger charge is 2.30. The third-order valence-electron chi connectivity index (χ3n) is 4.55. The molecule has 1 aromatic carbocycles. The average Bonchev–Trinajstić information content (AvgIpc) is 3.21. The van der Waals surface area contributed by atoms with Crippen molar-refractivity contribution in [1.82, 2.24) is 14.5 Å². The number of hydrogen-bond donors (Lipinski definition) is 0. The summed E-state index contributed by atoms with van der Waals surface area (Å²) in [6.07, 6.45) is 2.65. The number of aromatic nitrogens is 2. The molecule has 25 heavy (non-hydrogen) atoms. The first-order valence-corrected chi connectivity index (χ1v) is 8.19. The molecule has 1 fully saturated rings. The molecule has 0 radical (unpaired) electrons. The Kier molecular flexibility index (Phi) is 5.03. The van der Waals surface area contributed by atoms with Crippen LogP contribution < -0.4 is 4.74 Å².